The SMILES string of the molecule is O=C(c1ccc(F)c(Cl)c1)N1CCCC(O)C1. The van der Waals surface area contributed by atoms with Gasteiger partial charge in [-0.3, -0.25) is 4.79 Å². The van der Waals surface area contributed by atoms with Crippen molar-refractivity contribution < 1.29 is 14.3 Å². The van der Waals surface area contributed by atoms with E-state index in [1.165, 1.54) is 18.2 Å². The van der Waals surface area contributed by atoms with E-state index in [0.717, 1.165) is 6.42 Å². The Balaban J connectivity index is 2.15. The number of β-amino-alcohol motifs (C(OH)–C–C–N with tert-alkyl or cyclic N) is 1. The molecule has 0 bridgehead atoms. The third-order valence-electron chi connectivity index (χ3n) is 2.85. The molecule has 0 aromatic heterocycles. The fourth-order valence-electron chi connectivity index (χ4n) is 1.95. The Labute approximate surface area is 104 Å². The second-order valence-corrected chi connectivity index (χ2v) is 4.58. The van der Waals surface area contributed by atoms with Crippen LogP contribution < -0.4 is 0 Å². The Morgan fingerprint density at radius 2 is 2.29 bits per heavy atom. The molecule has 0 saturated carbocycles. The summed E-state index contributed by atoms with van der Waals surface area (Å²) >= 11 is 5.63. The lowest BCUT2D eigenvalue weighted by molar-refractivity contribution is 0.0473. The lowest BCUT2D eigenvalue weighted by Crippen LogP contribution is -2.42. The van der Waals surface area contributed by atoms with Crippen LogP contribution in [-0.2, 0) is 0 Å². The van der Waals surface area contributed by atoms with Crippen LogP contribution >= 0.6 is 11.6 Å². The molecule has 1 N–H and O–H groups in total. The van der Waals surface area contributed by atoms with E-state index in [9.17, 15) is 14.3 Å². The zero-order chi connectivity index (χ0) is 12.4. The second kappa shape index (κ2) is 5.02. The van der Waals surface area contributed by atoms with Crippen LogP contribution in [-0.4, -0.2) is 35.1 Å². The first-order valence-corrected chi connectivity index (χ1v) is 5.88. The topological polar surface area (TPSA) is 40.5 Å². The van der Waals surface area contributed by atoms with Gasteiger partial charge in [-0.25, -0.2) is 4.39 Å². The number of hydrogen-bond donors (Lipinski definition) is 1. The van der Waals surface area contributed by atoms with Crippen molar-refractivity contribution in [1.29, 1.82) is 0 Å². The number of aliphatic hydroxyl groups excluding tert-OH is 1. The average molecular weight is 258 g/mol. The van der Waals surface area contributed by atoms with E-state index in [2.05, 4.69) is 0 Å². The van der Waals surface area contributed by atoms with E-state index in [1.54, 1.807) is 4.90 Å². The molecule has 1 aromatic carbocycles. The molecule has 1 atom stereocenters. The van der Waals surface area contributed by atoms with Gasteiger partial charge in [-0.1, -0.05) is 11.6 Å². The van der Waals surface area contributed by atoms with Crippen LogP contribution in [0.15, 0.2) is 18.2 Å². The monoisotopic (exact) mass is 257 g/mol. The maximum Gasteiger partial charge on any atom is 0.253 e. The number of nitrogens with zero attached hydrogens (tertiary/aromatic N) is 1. The van der Waals surface area contributed by atoms with Crippen LogP contribution in [0.2, 0.25) is 5.02 Å². The van der Waals surface area contributed by atoms with Gasteiger partial charge in [-0.15, -0.1) is 0 Å². The summed E-state index contributed by atoms with van der Waals surface area (Å²) in [5, 5.41) is 9.43. The summed E-state index contributed by atoms with van der Waals surface area (Å²) in [5.41, 5.74) is 0.352. The molecular weight excluding hydrogens is 245 g/mol. The van der Waals surface area contributed by atoms with E-state index in [-0.39, 0.29) is 10.9 Å². The first-order chi connectivity index (χ1) is 8.08. The fourth-order valence-corrected chi connectivity index (χ4v) is 2.13. The third-order valence-corrected chi connectivity index (χ3v) is 3.14. The van der Waals surface area contributed by atoms with Gasteiger partial charge in [0.15, 0.2) is 0 Å². The van der Waals surface area contributed by atoms with E-state index in [4.69, 9.17) is 11.6 Å². The first-order valence-electron chi connectivity index (χ1n) is 5.50. The molecule has 2 rings (SSSR count). The average Bonchev–Trinajstić information content (AvgIpc) is 2.32. The van der Waals surface area contributed by atoms with Gasteiger partial charge in [0.25, 0.3) is 5.91 Å². The van der Waals surface area contributed by atoms with Crippen LogP contribution in [0.25, 0.3) is 0 Å². The summed E-state index contributed by atoms with van der Waals surface area (Å²) in [7, 11) is 0. The molecule has 3 nitrogen and oxygen atoms in total. The van der Waals surface area contributed by atoms with Crippen molar-refractivity contribution in [2.45, 2.75) is 18.9 Å². The van der Waals surface area contributed by atoms with Gasteiger partial charge in [0.05, 0.1) is 11.1 Å². The van der Waals surface area contributed by atoms with Gasteiger partial charge in [0, 0.05) is 18.7 Å². The molecule has 1 aliphatic heterocycles. The molecule has 1 amide bonds. The van der Waals surface area contributed by atoms with Crippen molar-refractivity contribution in [1.82, 2.24) is 4.90 Å². The number of rotatable bonds is 1. The zero-order valence-electron chi connectivity index (χ0n) is 9.20. The van der Waals surface area contributed by atoms with E-state index in [0.29, 0.717) is 25.1 Å². The largest absolute Gasteiger partial charge is 0.391 e. The maximum atomic E-state index is 13.0. The maximum absolute atomic E-state index is 13.0. The van der Waals surface area contributed by atoms with Crippen molar-refractivity contribution in [3.05, 3.63) is 34.6 Å². The number of amides is 1. The van der Waals surface area contributed by atoms with Crippen molar-refractivity contribution in [2.24, 2.45) is 0 Å². The highest BCUT2D eigenvalue weighted by atomic mass is 35.5. The van der Waals surface area contributed by atoms with Gasteiger partial charge >= 0.3 is 0 Å². The molecule has 0 spiro atoms. The number of piperidine rings is 1. The molecule has 0 radical (unpaired) electrons. The first kappa shape index (κ1) is 12.3. The van der Waals surface area contributed by atoms with Gasteiger partial charge < -0.3 is 10.0 Å². The smallest absolute Gasteiger partial charge is 0.253 e. The number of halogens is 2. The number of hydrogen-bond acceptors (Lipinski definition) is 2. The molecule has 0 aliphatic carbocycles. The standard InChI is InChI=1S/C12H13ClFNO2/c13-10-6-8(3-4-11(10)14)12(17)15-5-1-2-9(16)7-15/h3-4,6,9,16H,1-2,5,7H2. The summed E-state index contributed by atoms with van der Waals surface area (Å²) in [5.74, 6) is -0.757. The Kier molecular flexibility index (Phi) is 3.64. The molecule has 1 aliphatic rings. The second-order valence-electron chi connectivity index (χ2n) is 4.18. The number of aliphatic hydroxyl groups is 1. The van der Waals surface area contributed by atoms with Crippen LogP contribution in [0, 0.1) is 5.82 Å². The lowest BCUT2D eigenvalue weighted by atomic mass is 10.1. The molecule has 1 aromatic rings. The molecule has 17 heavy (non-hydrogen) atoms. The summed E-state index contributed by atoms with van der Waals surface area (Å²) in [6, 6.07) is 3.90. The van der Waals surface area contributed by atoms with Crippen LogP contribution in [0.5, 0.6) is 0 Å². The highest BCUT2D eigenvalue weighted by Crippen LogP contribution is 2.19. The predicted molar refractivity (Wildman–Crippen MR) is 62.6 cm³/mol. The molecule has 1 unspecified atom stereocenters. The van der Waals surface area contributed by atoms with E-state index < -0.39 is 11.9 Å². The number of likely N-dealkylation sites (tertiary alicyclic amines) is 1. The predicted octanol–water partition coefficient (Wildman–Crippen LogP) is 2.08. The Morgan fingerprint density at radius 1 is 1.53 bits per heavy atom. The van der Waals surface area contributed by atoms with Gasteiger partial charge in [0.1, 0.15) is 5.82 Å². The normalized spacial score (nSPS) is 20.4. The number of benzene rings is 1. The minimum atomic E-state index is -0.540. The van der Waals surface area contributed by atoms with Crippen molar-refractivity contribution in [3.8, 4) is 0 Å². The zero-order valence-corrected chi connectivity index (χ0v) is 9.95. The van der Waals surface area contributed by atoms with Crippen molar-refractivity contribution in [2.75, 3.05) is 13.1 Å². The molecule has 5 heteroatoms. The molecule has 92 valence electrons. The molecule has 1 heterocycles. The minimum absolute atomic E-state index is 0.0617. The van der Waals surface area contributed by atoms with Crippen LogP contribution in [0.1, 0.15) is 23.2 Å². The van der Waals surface area contributed by atoms with Crippen molar-refractivity contribution >= 4 is 17.5 Å². The van der Waals surface area contributed by atoms with Crippen LogP contribution in [0.3, 0.4) is 0 Å². The van der Waals surface area contributed by atoms with Gasteiger partial charge in [-0.2, -0.15) is 0 Å². The molecule has 1 saturated heterocycles. The molecular formula is C12H13ClFNO2. The molecule has 1 fully saturated rings. The Bertz CT molecular complexity index is 439. The summed E-state index contributed by atoms with van der Waals surface area (Å²) < 4.78 is 13.0. The van der Waals surface area contributed by atoms with Gasteiger partial charge in [0.2, 0.25) is 0 Å². The quantitative estimate of drug-likeness (QED) is 0.837. The lowest BCUT2D eigenvalue weighted by Gasteiger charge is -2.30. The Hall–Kier alpha value is -1.13. The summed E-state index contributed by atoms with van der Waals surface area (Å²) in [4.78, 5) is 13.6. The van der Waals surface area contributed by atoms with E-state index in [1.807, 2.05) is 0 Å². The number of carbonyl (C=O) groups is 1. The van der Waals surface area contributed by atoms with E-state index >= 15 is 0 Å². The highest BCUT2D eigenvalue weighted by Gasteiger charge is 2.23. The summed E-state index contributed by atoms with van der Waals surface area (Å²) in [6.45, 7) is 0.943. The number of carbonyl (C=O) groups excluding carboxylic acids is 1. The van der Waals surface area contributed by atoms with Crippen molar-refractivity contribution in [3.63, 3.8) is 0 Å². The van der Waals surface area contributed by atoms with Gasteiger partial charge in [-0.05, 0) is 31.0 Å². The summed E-state index contributed by atoms with van der Waals surface area (Å²) in [6.07, 6.45) is 1.03. The highest BCUT2D eigenvalue weighted by molar-refractivity contribution is 6.31. The fraction of sp³-hybridized carbons (Fsp3) is 0.417. The minimum Gasteiger partial charge on any atom is -0.391 e. The Morgan fingerprint density at radius 3 is 2.94 bits per heavy atom. The van der Waals surface area contributed by atoms with Crippen LogP contribution in [0.4, 0.5) is 4.39 Å². The third kappa shape index (κ3) is 2.76.